The molecule has 0 aliphatic carbocycles. The Morgan fingerprint density at radius 2 is 1.92 bits per heavy atom. The number of carbonyl (C=O) groups is 1. The van der Waals surface area contributed by atoms with E-state index < -0.39 is 5.97 Å². The highest BCUT2D eigenvalue weighted by molar-refractivity contribution is 6.33. The number of fused-ring (bicyclic) bond motifs is 4. The lowest BCUT2D eigenvalue weighted by atomic mass is 10.0. The molecule has 2 aromatic rings. The van der Waals surface area contributed by atoms with Gasteiger partial charge in [0.05, 0.1) is 17.2 Å². The molecule has 6 nitrogen and oxygen atoms in total. The van der Waals surface area contributed by atoms with E-state index >= 15 is 0 Å². The van der Waals surface area contributed by atoms with E-state index in [-0.39, 0.29) is 52.4 Å². The summed E-state index contributed by atoms with van der Waals surface area (Å²) < 4.78 is 16.9. The number of esters is 1. The number of ether oxygens (including phenoxy) is 2. The first-order valence-electron chi connectivity index (χ1n) is 8.09. The summed E-state index contributed by atoms with van der Waals surface area (Å²) in [6, 6.07) is 4.68. The molecule has 7 heteroatoms. The van der Waals surface area contributed by atoms with Gasteiger partial charge in [-0.05, 0) is 19.1 Å². The number of cyclic esters (lactones) is 1. The lowest BCUT2D eigenvalue weighted by Crippen LogP contribution is -2.19. The van der Waals surface area contributed by atoms with Crippen LogP contribution in [0.2, 0.25) is 5.02 Å². The van der Waals surface area contributed by atoms with Crippen LogP contribution in [0.3, 0.4) is 0 Å². The number of furan rings is 1. The Bertz CT molecular complexity index is 842. The van der Waals surface area contributed by atoms with Crippen molar-refractivity contribution in [2.45, 2.75) is 44.5 Å². The summed E-state index contributed by atoms with van der Waals surface area (Å²) in [6.45, 7) is 1.78. The van der Waals surface area contributed by atoms with Gasteiger partial charge in [0.25, 0.3) is 0 Å². The van der Waals surface area contributed by atoms with E-state index in [2.05, 4.69) is 0 Å². The number of rotatable bonds is 0. The zero-order chi connectivity index (χ0) is 17.7. The topological polar surface area (TPSA) is 92.4 Å². The van der Waals surface area contributed by atoms with Crippen LogP contribution in [0.5, 0.6) is 11.5 Å². The monoisotopic (exact) mass is 364 g/mol. The molecule has 0 spiro atoms. The molecule has 1 aromatic heterocycles. The highest BCUT2D eigenvalue weighted by Gasteiger charge is 2.41. The third-order valence-electron chi connectivity index (χ3n) is 4.56. The maximum atomic E-state index is 12.6. The number of hydrogen-bond donors (Lipinski definition) is 2. The molecular formula is C18H17ClO6. The maximum Gasteiger partial charge on any atom is 0.342 e. The summed E-state index contributed by atoms with van der Waals surface area (Å²) in [6.07, 6.45) is 1.06. The summed E-state index contributed by atoms with van der Waals surface area (Å²) in [4.78, 5) is 12.6. The maximum absolute atomic E-state index is 12.6. The average molecular weight is 365 g/mol. The third kappa shape index (κ3) is 3.07. The Balaban J connectivity index is 1.80. The normalized spacial score (nSPS) is 25.7. The van der Waals surface area contributed by atoms with Crippen molar-refractivity contribution in [3.63, 3.8) is 0 Å². The van der Waals surface area contributed by atoms with Crippen LogP contribution < -0.4 is 0 Å². The fourth-order valence-corrected chi connectivity index (χ4v) is 3.48. The summed E-state index contributed by atoms with van der Waals surface area (Å²) in [7, 11) is 0. The highest BCUT2D eigenvalue weighted by Crippen LogP contribution is 2.39. The van der Waals surface area contributed by atoms with Gasteiger partial charge in [0.1, 0.15) is 34.7 Å². The number of halogens is 1. The van der Waals surface area contributed by atoms with Crippen molar-refractivity contribution in [1.82, 2.24) is 0 Å². The minimum Gasteiger partial charge on any atom is -0.507 e. The number of hydrogen-bond acceptors (Lipinski definition) is 6. The Morgan fingerprint density at radius 3 is 2.72 bits per heavy atom. The Kier molecular flexibility index (Phi) is 3.89. The van der Waals surface area contributed by atoms with Crippen molar-refractivity contribution in [3.8, 4) is 11.5 Å². The van der Waals surface area contributed by atoms with Gasteiger partial charge < -0.3 is 24.1 Å². The fraction of sp³-hybridized carbons (Fsp3) is 0.389. The van der Waals surface area contributed by atoms with E-state index in [4.69, 9.17) is 25.5 Å². The summed E-state index contributed by atoms with van der Waals surface area (Å²) in [5.74, 6) is -0.0185. The Hall–Kier alpha value is -2.18. The van der Waals surface area contributed by atoms with E-state index in [0.717, 1.165) is 11.8 Å². The molecule has 25 heavy (non-hydrogen) atoms. The van der Waals surface area contributed by atoms with Crippen LogP contribution in [0.1, 0.15) is 40.8 Å². The number of aromatic hydroxyl groups is 2. The van der Waals surface area contributed by atoms with Crippen LogP contribution in [-0.4, -0.2) is 34.5 Å². The van der Waals surface area contributed by atoms with Crippen molar-refractivity contribution in [2.24, 2.45) is 0 Å². The number of carbonyl (C=O) groups excluding carboxylic acids is 1. The van der Waals surface area contributed by atoms with Gasteiger partial charge in [-0.3, -0.25) is 0 Å². The second kappa shape index (κ2) is 5.97. The van der Waals surface area contributed by atoms with Crippen molar-refractivity contribution >= 4 is 17.6 Å². The van der Waals surface area contributed by atoms with E-state index in [1.165, 1.54) is 0 Å². The highest BCUT2D eigenvalue weighted by atomic mass is 35.5. The smallest absolute Gasteiger partial charge is 0.342 e. The van der Waals surface area contributed by atoms with E-state index in [1.54, 1.807) is 13.0 Å². The lowest BCUT2D eigenvalue weighted by Gasteiger charge is -2.16. The number of phenolic OH excluding ortho intramolecular Hbond substituents is 2. The van der Waals surface area contributed by atoms with Crippen LogP contribution >= 0.6 is 11.6 Å². The van der Waals surface area contributed by atoms with E-state index in [1.807, 2.05) is 6.07 Å². The van der Waals surface area contributed by atoms with Gasteiger partial charge in [0.15, 0.2) is 0 Å². The Labute approximate surface area is 148 Å². The summed E-state index contributed by atoms with van der Waals surface area (Å²) in [5, 5.41) is 20.1. The molecule has 4 rings (SSSR count). The van der Waals surface area contributed by atoms with Gasteiger partial charge in [-0.1, -0.05) is 11.6 Å². The molecule has 0 amide bonds. The molecule has 2 N–H and O–H groups in total. The number of phenols is 2. The fourth-order valence-electron chi connectivity index (χ4n) is 3.26. The second-order valence-corrected chi connectivity index (χ2v) is 6.87. The van der Waals surface area contributed by atoms with Crippen LogP contribution in [0.15, 0.2) is 22.6 Å². The molecule has 0 unspecified atom stereocenters. The van der Waals surface area contributed by atoms with Gasteiger partial charge >= 0.3 is 5.97 Å². The first-order valence-corrected chi connectivity index (χ1v) is 8.47. The first kappa shape index (κ1) is 16.3. The molecule has 2 aliphatic rings. The van der Waals surface area contributed by atoms with Crippen molar-refractivity contribution in [3.05, 3.63) is 45.9 Å². The standard InChI is InChI=1S/C18H17ClO6/c1-8-4-14-15(25-14)6-10-3-2-9(24-10)5-11-16(18(22)23-8)12(20)7-13(21)17(11)19/h2-3,7-8,14-15,20-21H,4-6H2,1H3/t8-,14+,15-/m1/s1. The molecule has 2 aliphatic heterocycles. The molecule has 3 heterocycles. The molecule has 1 aromatic carbocycles. The zero-order valence-corrected chi connectivity index (χ0v) is 14.2. The molecule has 0 saturated carbocycles. The molecule has 132 valence electrons. The van der Waals surface area contributed by atoms with Gasteiger partial charge in [-0.25, -0.2) is 4.79 Å². The largest absolute Gasteiger partial charge is 0.507 e. The van der Waals surface area contributed by atoms with Gasteiger partial charge in [-0.15, -0.1) is 0 Å². The molecule has 1 fully saturated rings. The average Bonchev–Trinajstić information content (AvgIpc) is 3.08. The van der Waals surface area contributed by atoms with Crippen molar-refractivity contribution in [1.29, 1.82) is 0 Å². The molecular weight excluding hydrogens is 348 g/mol. The first-order chi connectivity index (χ1) is 11.9. The van der Waals surface area contributed by atoms with Crippen LogP contribution in [0, 0.1) is 0 Å². The van der Waals surface area contributed by atoms with E-state index in [0.29, 0.717) is 18.6 Å². The third-order valence-corrected chi connectivity index (χ3v) is 4.98. The molecule has 2 bridgehead atoms. The van der Waals surface area contributed by atoms with Crippen LogP contribution in [0.25, 0.3) is 0 Å². The van der Waals surface area contributed by atoms with Crippen LogP contribution in [0.4, 0.5) is 0 Å². The van der Waals surface area contributed by atoms with Gasteiger partial charge in [-0.2, -0.15) is 0 Å². The van der Waals surface area contributed by atoms with Gasteiger partial charge in [0.2, 0.25) is 0 Å². The quantitative estimate of drug-likeness (QED) is 0.551. The minimum atomic E-state index is -0.690. The SMILES string of the molecule is C[C@@H]1C[C@@H]2O[C@@H]2Cc2ccc(o2)Cc2c(Cl)c(O)cc(O)c2C(=O)O1. The molecule has 1 saturated heterocycles. The van der Waals surface area contributed by atoms with E-state index in [9.17, 15) is 15.0 Å². The predicted molar refractivity (Wildman–Crippen MR) is 88.2 cm³/mol. The zero-order valence-electron chi connectivity index (χ0n) is 13.5. The number of epoxide rings is 1. The van der Waals surface area contributed by atoms with Crippen molar-refractivity contribution in [2.75, 3.05) is 0 Å². The summed E-state index contributed by atoms with van der Waals surface area (Å²) in [5.41, 5.74) is 0.220. The molecule has 0 radical (unpaired) electrons. The van der Waals surface area contributed by atoms with Gasteiger partial charge in [0, 0.05) is 30.9 Å². The van der Waals surface area contributed by atoms with Crippen LogP contribution in [-0.2, 0) is 22.3 Å². The number of benzene rings is 1. The lowest BCUT2D eigenvalue weighted by molar-refractivity contribution is 0.0305. The van der Waals surface area contributed by atoms with Crippen molar-refractivity contribution < 1.29 is 28.9 Å². The second-order valence-electron chi connectivity index (χ2n) is 6.50. The predicted octanol–water partition coefficient (Wildman–Crippen LogP) is 3.19. The Morgan fingerprint density at radius 1 is 1.16 bits per heavy atom. The molecule has 3 atom stereocenters. The minimum absolute atomic E-state index is 0.00333. The summed E-state index contributed by atoms with van der Waals surface area (Å²) >= 11 is 6.19.